The molecule has 1 aliphatic rings. The van der Waals surface area contributed by atoms with Crippen LogP contribution in [0.15, 0.2) is 53.7 Å². The standard InChI is InChI=1S/C26H23F2N5O5S/c1-14-18(13-31(2)30-14)19-9-20-15(11-29-19)12-32(25-23(27)21(37-3)10-22(38-4)24(25)28)26(34)33(20)16-5-7-17(8-6-16)39(35)36/h5-11,13,39H,12H2,1-4H3. The quantitative estimate of drug-likeness (QED) is 0.353. The number of hydrogen-bond acceptors (Lipinski definition) is 7. The highest BCUT2D eigenvalue weighted by Gasteiger charge is 2.37. The number of pyridine rings is 1. The van der Waals surface area contributed by atoms with Gasteiger partial charge in [-0.1, -0.05) is 0 Å². The van der Waals surface area contributed by atoms with E-state index in [1.54, 1.807) is 24.0 Å². The summed E-state index contributed by atoms with van der Waals surface area (Å²) in [5, 5.41) is 4.35. The predicted octanol–water partition coefficient (Wildman–Crippen LogP) is 4.33. The number of aryl methyl sites for hydroxylation is 2. The molecule has 5 rings (SSSR count). The van der Waals surface area contributed by atoms with Crippen LogP contribution in [0.5, 0.6) is 11.5 Å². The van der Waals surface area contributed by atoms with Crippen LogP contribution < -0.4 is 19.3 Å². The molecule has 0 fully saturated rings. The van der Waals surface area contributed by atoms with Crippen LogP contribution in [0.3, 0.4) is 0 Å². The average molecular weight is 556 g/mol. The number of carbonyl (C=O) groups excluding carboxylic acids is 1. The molecule has 0 saturated heterocycles. The van der Waals surface area contributed by atoms with E-state index in [0.29, 0.717) is 16.9 Å². The Morgan fingerprint density at radius 3 is 2.18 bits per heavy atom. The van der Waals surface area contributed by atoms with Gasteiger partial charge in [0.25, 0.3) is 0 Å². The van der Waals surface area contributed by atoms with Crippen LogP contribution >= 0.6 is 0 Å². The van der Waals surface area contributed by atoms with E-state index in [-0.39, 0.29) is 28.6 Å². The number of rotatable bonds is 6. The fourth-order valence-corrected chi connectivity index (χ4v) is 4.91. The fourth-order valence-electron chi connectivity index (χ4n) is 4.52. The van der Waals surface area contributed by atoms with E-state index in [0.717, 1.165) is 22.2 Å². The number of halogens is 2. The highest BCUT2D eigenvalue weighted by Crippen LogP contribution is 2.43. The number of thiol groups is 1. The molecule has 2 aromatic carbocycles. The Balaban J connectivity index is 1.72. The summed E-state index contributed by atoms with van der Waals surface area (Å²) in [6.07, 6.45) is 3.32. The zero-order valence-corrected chi connectivity index (χ0v) is 22.2. The van der Waals surface area contributed by atoms with E-state index in [9.17, 15) is 13.2 Å². The molecule has 0 saturated carbocycles. The van der Waals surface area contributed by atoms with Crippen molar-refractivity contribution < 1.29 is 31.5 Å². The SMILES string of the molecule is COc1cc(OC)c(F)c(N2Cc3cnc(-c4cn(C)nc4C)cc3N(c3ccc([SH](=O)=O)cc3)C2=O)c1F. The van der Waals surface area contributed by atoms with Crippen molar-refractivity contribution in [3.8, 4) is 22.8 Å². The summed E-state index contributed by atoms with van der Waals surface area (Å²) in [4.78, 5) is 20.8. The van der Waals surface area contributed by atoms with E-state index >= 15 is 8.78 Å². The molecule has 4 aromatic rings. The molecule has 39 heavy (non-hydrogen) atoms. The Bertz CT molecular complexity index is 1650. The maximum Gasteiger partial charge on any atom is 0.334 e. The van der Waals surface area contributed by atoms with Crippen LogP contribution in [-0.4, -0.2) is 43.4 Å². The number of fused-ring (bicyclic) bond motifs is 1. The third kappa shape index (κ3) is 4.44. The Morgan fingerprint density at radius 1 is 1.00 bits per heavy atom. The van der Waals surface area contributed by atoms with Gasteiger partial charge in [0.1, 0.15) is 5.69 Å². The van der Waals surface area contributed by atoms with Gasteiger partial charge < -0.3 is 9.47 Å². The monoisotopic (exact) mass is 555 g/mol. The summed E-state index contributed by atoms with van der Waals surface area (Å²) in [7, 11) is 1.35. The smallest absolute Gasteiger partial charge is 0.334 e. The Morgan fingerprint density at radius 2 is 1.64 bits per heavy atom. The first-order valence-corrected chi connectivity index (χ1v) is 12.8. The molecular formula is C26H23F2N5O5S. The number of aromatic nitrogens is 3. The van der Waals surface area contributed by atoms with Gasteiger partial charge in [-0.15, -0.1) is 0 Å². The number of hydrogen-bond donors (Lipinski definition) is 1. The van der Waals surface area contributed by atoms with Gasteiger partial charge >= 0.3 is 6.03 Å². The lowest BCUT2D eigenvalue weighted by Crippen LogP contribution is -2.45. The van der Waals surface area contributed by atoms with E-state index in [1.807, 2.05) is 6.92 Å². The largest absolute Gasteiger partial charge is 0.493 e. The summed E-state index contributed by atoms with van der Waals surface area (Å²) in [5.74, 6) is -2.78. The zero-order valence-electron chi connectivity index (χ0n) is 21.3. The number of benzene rings is 2. The van der Waals surface area contributed by atoms with E-state index in [2.05, 4.69) is 10.1 Å². The highest BCUT2D eigenvalue weighted by molar-refractivity contribution is 7.72. The number of nitrogens with zero attached hydrogens (tertiary/aromatic N) is 5. The van der Waals surface area contributed by atoms with Crippen molar-refractivity contribution in [1.82, 2.24) is 14.8 Å². The van der Waals surface area contributed by atoms with Gasteiger partial charge in [0.15, 0.2) is 33.8 Å². The molecule has 0 atom stereocenters. The van der Waals surface area contributed by atoms with Gasteiger partial charge in [0.05, 0.1) is 48.4 Å². The van der Waals surface area contributed by atoms with Crippen LogP contribution in [0.4, 0.5) is 30.6 Å². The van der Waals surface area contributed by atoms with Crippen molar-refractivity contribution in [2.75, 3.05) is 24.0 Å². The van der Waals surface area contributed by atoms with Crippen molar-refractivity contribution in [3.63, 3.8) is 0 Å². The second-order valence-electron chi connectivity index (χ2n) is 8.74. The lowest BCUT2D eigenvalue weighted by Gasteiger charge is -2.37. The van der Waals surface area contributed by atoms with Crippen molar-refractivity contribution in [1.29, 1.82) is 0 Å². The predicted molar refractivity (Wildman–Crippen MR) is 139 cm³/mol. The third-order valence-electron chi connectivity index (χ3n) is 6.38. The minimum absolute atomic E-state index is 0.0475. The molecule has 2 amide bonds. The Hall–Kier alpha value is -4.52. The highest BCUT2D eigenvalue weighted by atomic mass is 32.2. The number of anilines is 3. The second kappa shape index (κ2) is 9.98. The minimum Gasteiger partial charge on any atom is -0.493 e. The summed E-state index contributed by atoms with van der Waals surface area (Å²) < 4.78 is 65.6. The molecule has 1 aliphatic heterocycles. The maximum absolute atomic E-state index is 15.5. The molecule has 0 N–H and O–H groups in total. The van der Waals surface area contributed by atoms with Crippen molar-refractivity contribution in [2.24, 2.45) is 7.05 Å². The Labute approximate surface area is 224 Å². The zero-order chi connectivity index (χ0) is 28.0. The molecule has 0 radical (unpaired) electrons. The van der Waals surface area contributed by atoms with Crippen molar-refractivity contribution in [2.45, 2.75) is 18.4 Å². The average Bonchev–Trinajstić information content (AvgIpc) is 3.26. The molecule has 0 bridgehead atoms. The maximum atomic E-state index is 15.5. The normalized spacial score (nSPS) is 13.2. The lowest BCUT2D eigenvalue weighted by molar-refractivity contribution is 0.251. The van der Waals surface area contributed by atoms with E-state index < -0.39 is 34.1 Å². The molecule has 0 spiro atoms. The lowest BCUT2D eigenvalue weighted by atomic mass is 10.1. The third-order valence-corrected chi connectivity index (χ3v) is 7.10. The number of methoxy groups -OCH3 is 2. The van der Waals surface area contributed by atoms with Crippen LogP contribution in [0.2, 0.25) is 0 Å². The molecule has 2 aromatic heterocycles. The van der Waals surface area contributed by atoms with Gasteiger partial charge in [-0.25, -0.2) is 22.0 Å². The molecule has 3 heterocycles. The number of carbonyl (C=O) groups is 1. The molecular weight excluding hydrogens is 532 g/mol. The number of ether oxygens (including phenoxy) is 2. The first-order valence-electron chi connectivity index (χ1n) is 11.6. The van der Waals surface area contributed by atoms with Crippen molar-refractivity contribution in [3.05, 3.63) is 71.7 Å². The summed E-state index contributed by atoms with van der Waals surface area (Å²) in [6.45, 7) is 1.62. The van der Waals surface area contributed by atoms with Crippen LogP contribution in [0.1, 0.15) is 11.3 Å². The van der Waals surface area contributed by atoms with Crippen LogP contribution in [-0.2, 0) is 24.3 Å². The first kappa shape index (κ1) is 26.1. The van der Waals surface area contributed by atoms with Crippen LogP contribution in [0.25, 0.3) is 11.3 Å². The summed E-state index contributed by atoms with van der Waals surface area (Å²) in [6, 6.07) is 7.54. The van der Waals surface area contributed by atoms with Gasteiger partial charge in [0.2, 0.25) is 0 Å². The molecule has 13 heteroatoms. The number of amides is 2. The topological polar surface area (TPSA) is 107 Å². The molecule has 0 unspecified atom stereocenters. The van der Waals surface area contributed by atoms with Gasteiger partial charge in [0, 0.05) is 36.6 Å². The van der Waals surface area contributed by atoms with Crippen molar-refractivity contribution >= 4 is 33.8 Å². The Kier molecular flexibility index (Phi) is 6.68. The van der Waals surface area contributed by atoms with E-state index in [4.69, 9.17) is 9.47 Å². The number of urea groups is 1. The van der Waals surface area contributed by atoms with Gasteiger partial charge in [-0.3, -0.25) is 19.5 Å². The first-order chi connectivity index (χ1) is 18.6. The minimum atomic E-state index is -2.85. The second-order valence-corrected chi connectivity index (χ2v) is 9.77. The van der Waals surface area contributed by atoms with Gasteiger partial charge in [-0.2, -0.15) is 5.10 Å². The molecule has 0 aliphatic carbocycles. The van der Waals surface area contributed by atoms with E-state index in [1.165, 1.54) is 49.6 Å². The molecule has 10 nitrogen and oxygen atoms in total. The van der Waals surface area contributed by atoms with Crippen LogP contribution in [0, 0.1) is 18.6 Å². The fraction of sp³-hybridized carbons (Fsp3) is 0.192. The summed E-state index contributed by atoms with van der Waals surface area (Å²) in [5.41, 5.74) is 2.52. The van der Waals surface area contributed by atoms with Gasteiger partial charge in [-0.05, 0) is 37.3 Å². The summed E-state index contributed by atoms with van der Waals surface area (Å²) >= 11 is 0. The molecule has 202 valence electrons.